The van der Waals surface area contributed by atoms with Crippen LogP contribution in [0.25, 0.3) is 11.4 Å². The second kappa shape index (κ2) is 9.02. The van der Waals surface area contributed by atoms with Gasteiger partial charge in [-0.25, -0.2) is 0 Å². The summed E-state index contributed by atoms with van der Waals surface area (Å²) in [5.74, 6) is 1.54. The second-order valence-electron chi connectivity index (χ2n) is 6.76. The largest absolute Gasteiger partial charge is 0.469 e. The molecule has 29 heavy (non-hydrogen) atoms. The van der Waals surface area contributed by atoms with E-state index in [0.717, 1.165) is 36.6 Å². The maximum Gasteiger partial charge on any atom is 0.234 e. The van der Waals surface area contributed by atoms with Gasteiger partial charge in [0.2, 0.25) is 5.91 Å². The molecule has 7 nitrogen and oxygen atoms in total. The molecule has 1 fully saturated rings. The Bertz CT molecular complexity index is 997. The molecule has 4 rings (SSSR count). The molecule has 152 valence electrons. The first kappa shape index (κ1) is 20.0. The number of nitrogens with zero attached hydrogens (tertiary/aromatic N) is 3. The number of amides is 1. The minimum absolute atomic E-state index is 0.119. The van der Waals surface area contributed by atoms with Crippen molar-refractivity contribution in [1.82, 2.24) is 14.8 Å². The van der Waals surface area contributed by atoms with E-state index >= 15 is 0 Å². The van der Waals surface area contributed by atoms with Crippen LogP contribution in [-0.2, 0) is 16.1 Å². The van der Waals surface area contributed by atoms with Gasteiger partial charge in [-0.1, -0.05) is 35.5 Å². The first-order chi connectivity index (χ1) is 14.1. The Morgan fingerprint density at radius 2 is 2.21 bits per heavy atom. The fourth-order valence-corrected chi connectivity index (χ4v) is 4.18. The molecule has 1 saturated heterocycles. The molecule has 3 aromatic rings. The monoisotopic (exact) mass is 432 g/mol. The lowest BCUT2D eigenvalue weighted by molar-refractivity contribution is -0.113. The standard InChI is InChI=1S/C20H21ClN4O3S/c1-13-15(8-10-27-13)19-23-24-20(25(19)11-14-5-4-9-28-14)29-12-18(26)22-17-7-3-2-6-16(17)21/h2-3,6-8,10,14H,4-5,9,11-12H2,1H3,(H,22,26)/t14-/m0/s1. The molecule has 0 spiro atoms. The van der Waals surface area contributed by atoms with Crippen LogP contribution in [0.15, 0.2) is 46.2 Å². The van der Waals surface area contributed by atoms with Gasteiger partial charge in [-0.3, -0.25) is 9.36 Å². The summed E-state index contributed by atoms with van der Waals surface area (Å²) in [7, 11) is 0. The van der Waals surface area contributed by atoms with Gasteiger partial charge in [0, 0.05) is 6.61 Å². The number of thioether (sulfide) groups is 1. The molecule has 1 aromatic carbocycles. The lowest BCUT2D eigenvalue weighted by atomic mass is 10.2. The quantitative estimate of drug-likeness (QED) is 0.557. The van der Waals surface area contributed by atoms with Crippen LogP contribution >= 0.6 is 23.4 Å². The smallest absolute Gasteiger partial charge is 0.234 e. The molecule has 1 N–H and O–H groups in total. The number of hydrogen-bond donors (Lipinski definition) is 1. The van der Waals surface area contributed by atoms with Crippen molar-refractivity contribution in [2.24, 2.45) is 0 Å². The number of para-hydroxylation sites is 1. The summed E-state index contributed by atoms with van der Waals surface area (Å²) in [6, 6.07) is 9.03. The van der Waals surface area contributed by atoms with Crippen LogP contribution in [0.3, 0.4) is 0 Å². The lowest BCUT2D eigenvalue weighted by Gasteiger charge is -2.14. The topological polar surface area (TPSA) is 82.2 Å². The molecular formula is C20H21ClN4O3S. The van der Waals surface area contributed by atoms with Crippen molar-refractivity contribution in [1.29, 1.82) is 0 Å². The van der Waals surface area contributed by atoms with E-state index in [9.17, 15) is 4.79 Å². The van der Waals surface area contributed by atoms with Crippen molar-refractivity contribution >= 4 is 35.0 Å². The number of benzene rings is 1. The third-order valence-corrected chi connectivity index (χ3v) is 6.00. The number of halogens is 1. The molecule has 1 aliphatic rings. The van der Waals surface area contributed by atoms with E-state index in [1.165, 1.54) is 11.8 Å². The molecule has 0 aliphatic carbocycles. The fraction of sp³-hybridized carbons (Fsp3) is 0.350. The van der Waals surface area contributed by atoms with Gasteiger partial charge in [-0.05, 0) is 38.0 Å². The summed E-state index contributed by atoms with van der Waals surface area (Å²) in [6.45, 7) is 3.31. The fourth-order valence-electron chi connectivity index (χ4n) is 3.25. The van der Waals surface area contributed by atoms with Crippen LogP contribution < -0.4 is 5.32 Å². The minimum atomic E-state index is -0.157. The summed E-state index contributed by atoms with van der Waals surface area (Å²) < 4.78 is 13.2. The number of carbonyl (C=O) groups excluding carboxylic acids is 1. The van der Waals surface area contributed by atoms with Gasteiger partial charge in [0.15, 0.2) is 11.0 Å². The van der Waals surface area contributed by atoms with E-state index in [0.29, 0.717) is 22.4 Å². The molecule has 2 aromatic heterocycles. The Morgan fingerprint density at radius 1 is 1.34 bits per heavy atom. The third-order valence-electron chi connectivity index (χ3n) is 4.71. The zero-order valence-electron chi connectivity index (χ0n) is 15.9. The predicted molar refractivity (Wildman–Crippen MR) is 112 cm³/mol. The van der Waals surface area contributed by atoms with Crippen LogP contribution in [-0.4, -0.2) is 39.1 Å². The maximum absolute atomic E-state index is 12.4. The number of hydrogen-bond acceptors (Lipinski definition) is 6. The molecule has 0 saturated carbocycles. The van der Waals surface area contributed by atoms with Crippen LogP contribution in [0.4, 0.5) is 5.69 Å². The normalized spacial score (nSPS) is 16.3. The van der Waals surface area contributed by atoms with Gasteiger partial charge in [0.25, 0.3) is 0 Å². The van der Waals surface area contributed by atoms with Gasteiger partial charge < -0.3 is 14.5 Å². The van der Waals surface area contributed by atoms with Crippen molar-refractivity contribution in [3.63, 3.8) is 0 Å². The SMILES string of the molecule is Cc1occc1-c1nnc(SCC(=O)Nc2ccccc2Cl)n1C[C@@H]1CCCO1. The Labute approximate surface area is 177 Å². The van der Waals surface area contributed by atoms with Crippen molar-refractivity contribution in [2.75, 3.05) is 17.7 Å². The lowest BCUT2D eigenvalue weighted by Crippen LogP contribution is -2.18. The number of nitrogens with one attached hydrogen (secondary N) is 1. The van der Waals surface area contributed by atoms with Gasteiger partial charge in [0.1, 0.15) is 5.76 Å². The first-order valence-electron chi connectivity index (χ1n) is 9.38. The average molecular weight is 433 g/mol. The highest BCUT2D eigenvalue weighted by molar-refractivity contribution is 7.99. The molecule has 1 aliphatic heterocycles. The molecule has 1 amide bonds. The number of anilines is 1. The van der Waals surface area contributed by atoms with Crippen molar-refractivity contribution in [3.05, 3.63) is 47.4 Å². The second-order valence-corrected chi connectivity index (χ2v) is 8.11. The number of aromatic nitrogens is 3. The molecular weight excluding hydrogens is 412 g/mol. The molecule has 0 radical (unpaired) electrons. The number of aryl methyl sites for hydroxylation is 1. The predicted octanol–water partition coefficient (Wildman–Crippen LogP) is 4.41. The highest BCUT2D eigenvalue weighted by Crippen LogP contribution is 2.29. The number of ether oxygens (including phenoxy) is 1. The maximum atomic E-state index is 12.4. The van der Waals surface area contributed by atoms with E-state index in [1.807, 2.05) is 29.7 Å². The summed E-state index contributed by atoms with van der Waals surface area (Å²) in [4.78, 5) is 12.4. The number of carbonyl (C=O) groups is 1. The van der Waals surface area contributed by atoms with Gasteiger partial charge in [-0.2, -0.15) is 0 Å². The zero-order valence-corrected chi connectivity index (χ0v) is 17.5. The van der Waals surface area contributed by atoms with Crippen LogP contribution in [0.1, 0.15) is 18.6 Å². The summed E-state index contributed by atoms with van der Waals surface area (Å²) in [6.07, 6.45) is 3.81. The van der Waals surface area contributed by atoms with Gasteiger partial charge in [0.05, 0.1) is 40.9 Å². The third kappa shape index (κ3) is 4.66. The Balaban J connectivity index is 1.50. The average Bonchev–Trinajstić information content (AvgIpc) is 3.44. The summed E-state index contributed by atoms with van der Waals surface area (Å²) >= 11 is 7.45. The number of furan rings is 1. The van der Waals surface area contributed by atoms with E-state index < -0.39 is 0 Å². The minimum Gasteiger partial charge on any atom is -0.469 e. The van der Waals surface area contributed by atoms with E-state index in [1.54, 1.807) is 18.4 Å². The molecule has 3 heterocycles. The van der Waals surface area contributed by atoms with E-state index in [2.05, 4.69) is 15.5 Å². The van der Waals surface area contributed by atoms with Crippen molar-refractivity contribution in [2.45, 2.75) is 37.6 Å². The van der Waals surface area contributed by atoms with Crippen molar-refractivity contribution < 1.29 is 13.9 Å². The van der Waals surface area contributed by atoms with Gasteiger partial charge in [-0.15, -0.1) is 10.2 Å². The molecule has 0 unspecified atom stereocenters. The Hall–Kier alpha value is -2.29. The molecule has 0 bridgehead atoms. The van der Waals surface area contributed by atoms with Crippen LogP contribution in [0, 0.1) is 6.92 Å². The van der Waals surface area contributed by atoms with Crippen LogP contribution in [0.5, 0.6) is 0 Å². The van der Waals surface area contributed by atoms with Gasteiger partial charge >= 0.3 is 0 Å². The summed E-state index contributed by atoms with van der Waals surface area (Å²) in [5, 5.41) is 12.7. The first-order valence-corrected chi connectivity index (χ1v) is 10.7. The molecule has 9 heteroatoms. The summed E-state index contributed by atoms with van der Waals surface area (Å²) in [5.41, 5.74) is 1.48. The zero-order chi connectivity index (χ0) is 20.2. The Kier molecular flexibility index (Phi) is 6.22. The molecule has 1 atom stereocenters. The highest BCUT2D eigenvalue weighted by Gasteiger charge is 2.23. The van der Waals surface area contributed by atoms with Crippen molar-refractivity contribution in [3.8, 4) is 11.4 Å². The highest BCUT2D eigenvalue weighted by atomic mass is 35.5. The van der Waals surface area contributed by atoms with E-state index in [-0.39, 0.29) is 17.8 Å². The Morgan fingerprint density at radius 3 is 2.93 bits per heavy atom. The van der Waals surface area contributed by atoms with Crippen LogP contribution in [0.2, 0.25) is 5.02 Å². The van der Waals surface area contributed by atoms with E-state index in [4.69, 9.17) is 20.8 Å². The number of rotatable bonds is 7.